The van der Waals surface area contributed by atoms with Crippen molar-refractivity contribution >= 4 is 22.6 Å². The van der Waals surface area contributed by atoms with Crippen molar-refractivity contribution in [2.45, 2.75) is 6.61 Å². The lowest BCUT2D eigenvalue weighted by molar-refractivity contribution is 0.100. The summed E-state index contributed by atoms with van der Waals surface area (Å²) in [5.74, 6) is -2.64. The van der Waals surface area contributed by atoms with Gasteiger partial charge in [0.1, 0.15) is 11.6 Å². The number of guanidine groups is 1. The number of fused-ring (bicyclic) bond motifs is 1. The maximum Gasteiger partial charge on any atom is 0.280 e. The maximum atomic E-state index is 14.5. The fourth-order valence-corrected chi connectivity index (χ4v) is 2.78. The number of hydrogen-bond donors (Lipinski definition) is 3. The Labute approximate surface area is 147 Å². The molecule has 3 aromatic rings. The van der Waals surface area contributed by atoms with Crippen LogP contribution in [-0.4, -0.2) is 17.0 Å². The van der Waals surface area contributed by atoms with E-state index in [0.717, 1.165) is 12.1 Å². The van der Waals surface area contributed by atoms with Crippen molar-refractivity contribution < 1.29 is 18.7 Å². The molecular formula is C19H15F2N3O2. The van der Waals surface area contributed by atoms with E-state index in [1.165, 1.54) is 12.1 Å². The summed E-state index contributed by atoms with van der Waals surface area (Å²) in [5.41, 5.74) is 10.8. The highest BCUT2D eigenvalue weighted by molar-refractivity contribution is 6.06. The molecule has 0 aliphatic rings. The monoisotopic (exact) mass is 355 g/mol. The van der Waals surface area contributed by atoms with Crippen LogP contribution in [0.25, 0.3) is 21.9 Å². The first kappa shape index (κ1) is 17.5. The number of aliphatic hydroxyl groups excluding tert-OH is 1. The van der Waals surface area contributed by atoms with Crippen LogP contribution >= 0.6 is 0 Å². The van der Waals surface area contributed by atoms with Crippen molar-refractivity contribution in [3.05, 3.63) is 71.3 Å². The molecule has 0 fully saturated rings. The van der Waals surface area contributed by atoms with Crippen LogP contribution < -0.4 is 11.5 Å². The van der Waals surface area contributed by atoms with Crippen LogP contribution in [0.4, 0.5) is 8.78 Å². The van der Waals surface area contributed by atoms with E-state index in [9.17, 15) is 13.6 Å². The largest absolute Gasteiger partial charge is 0.392 e. The summed E-state index contributed by atoms with van der Waals surface area (Å²) in [6.45, 7) is -0.471. The zero-order valence-electron chi connectivity index (χ0n) is 13.5. The number of nitrogens with zero attached hydrogens (tertiary/aromatic N) is 1. The molecule has 0 heterocycles. The SMILES string of the molecule is NC(N)=NC(=O)c1ccc2cccc(-c3c(F)cc(CO)cc3F)c2c1. The highest BCUT2D eigenvalue weighted by Gasteiger charge is 2.16. The second kappa shape index (κ2) is 6.89. The average molecular weight is 355 g/mol. The van der Waals surface area contributed by atoms with Gasteiger partial charge in [-0.15, -0.1) is 0 Å². The zero-order valence-corrected chi connectivity index (χ0v) is 13.5. The number of carbonyl (C=O) groups excluding carboxylic acids is 1. The number of rotatable bonds is 3. The van der Waals surface area contributed by atoms with Gasteiger partial charge in [0.15, 0.2) is 5.96 Å². The minimum Gasteiger partial charge on any atom is -0.392 e. The van der Waals surface area contributed by atoms with Crippen molar-refractivity contribution in [2.24, 2.45) is 16.5 Å². The van der Waals surface area contributed by atoms with Crippen LogP contribution in [0.3, 0.4) is 0 Å². The van der Waals surface area contributed by atoms with E-state index >= 15 is 0 Å². The third kappa shape index (κ3) is 3.25. The molecule has 3 aromatic carbocycles. The first-order valence-corrected chi connectivity index (χ1v) is 7.66. The van der Waals surface area contributed by atoms with Crippen LogP contribution in [0.1, 0.15) is 15.9 Å². The summed E-state index contributed by atoms with van der Waals surface area (Å²) in [6, 6.07) is 11.8. The van der Waals surface area contributed by atoms with Crippen molar-refractivity contribution in [3.8, 4) is 11.1 Å². The number of benzene rings is 3. The van der Waals surface area contributed by atoms with Crippen LogP contribution in [0.2, 0.25) is 0 Å². The third-order valence-corrected chi connectivity index (χ3v) is 3.91. The summed E-state index contributed by atoms with van der Waals surface area (Å²) in [5, 5.41) is 10.2. The van der Waals surface area contributed by atoms with Crippen LogP contribution in [0.5, 0.6) is 0 Å². The van der Waals surface area contributed by atoms with Crippen molar-refractivity contribution in [3.63, 3.8) is 0 Å². The van der Waals surface area contributed by atoms with E-state index in [-0.39, 0.29) is 28.2 Å². The quantitative estimate of drug-likeness (QED) is 0.496. The summed E-state index contributed by atoms with van der Waals surface area (Å²) >= 11 is 0. The van der Waals surface area contributed by atoms with Crippen molar-refractivity contribution in [1.82, 2.24) is 0 Å². The molecule has 132 valence electrons. The van der Waals surface area contributed by atoms with Gasteiger partial charge in [-0.1, -0.05) is 24.3 Å². The van der Waals surface area contributed by atoms with Gasteiger partial charge >= 0.3 is 0 Å². The number of halogens is 2. The van der Waals surface area contributed by atoms with E-state index in [1.807, 2.05) is 0 Å². The third-order valence-electron chi connectivity index (χ3n) is 3.91. The molecule has 1 amide bonds. The van der Waals surface area contributed by atoms with Gasteiger partial charge < -0.3 is 16.6 Å². The summed E-state index contributed by atoms with van der Waals surface area (Å²) in [6.07, 6.45) is 0. The predicted molar refractivity (Wildman–Crippen MR) is 95.4 cm³/mol. The fourth-order valence-electron chi connectivity index (χ4n) is 2.78. The topological polar surface area (TPSA) is 102 Å². The first-order chi connectivity index (χ1) is 12.4. The minimum atomic E-state index is -0.803. The van der Waals surface area contributed by atoms with Crippen LogP contribution in [-0.2, 0) is 6.61 Å². The molecule has 0 bridgehead atoms. The van der Waals surface area contributed by atoms with Gasteiger partial charge in [0.05, 0.1) is 12.2 Å². The van der Waals surface area contributed by atoms with E-state index in [2.05, 4.69) is 4.99 Å². The van der Waals surface area contributed by atoms with E-state index < -0.39 is 24.1 Å². The van der Waals surface area contributed by atoms with Crippen molar-refractivity contribution in [2.75, 3.05) is 0 Å². The lowest BCUT2D eigenvalue weighted by atomic mass is 9.95. The average Bonchev–Trinajstić information content (AvgIpc) is 2.60. The molecule has 0 unspecified atom stereocenters. The Morgan fingerprint density at radius 2 is 1.73 bits per heavy atom. The molecule has 26 heavy (non-hydrogen) atoms. The number of carbonyl (C=O) groups is 1. The highest BCUT2D eigenvalue weighted by atomic mass is 19.1. The first-order valence-electron chi connectivity index (χ1n) is 7.66. The van der Waals surface area contributed by atoms with Crippen molar-refractivity contribution in [1.29, 1.82) is 0 Å². The normalized spacial score (nSPS) is 10.7. The fraction of sp³-hybridized carbons (Fsp3) is 0.0526. The molecule has 0 atom stereocenters. The Bertz CT molecular complexity index is 1020. The maximum absolute atomic E-state index is 14.5. The molecule has 0 aliphatic heterocycles. The second-order valence-electron chi connectivity index (χ2n) is 5.68. The van der Waals surface area contributed by atoms with Crippen LogP contribution in [0, 0.1) is 11.6 Å². The molecule has 0 spiro atoms. The van der Waals surface area contributed by atoms with Crippen LogP contribution in [0.15, 0.2) is 53.5 Å². The number of nitrogens with two attached hydrogens (primary N) is 2. The molecular weight excluding hydrogens is 340 g/mol. The van der Waals surface area contributed by atoms with Gasteiger partial charge in [0, 0.05) is 5.56 Å². The van der Waals surface area contributed by atoms with E-state index in [4.69, 9.17) is 16.6 Å². The Morgan fingerprint density at radius 3 is 2.35 bits per heavy atom. The Balaban J connectivity index is 2.24. The van der Waals surface area contributed by atoms with Gasteiger partial charge in [0.25, 0.3) is 5.91 Å². The lowest BCUT2D eigenvalue weighted by Gasteiger charge is -2.11. The van der Waals surface area contributed by atoms with Gasteiger partial charge in [-0.3, -0.25) is 4.79 Å². The zero-order chi connectivity index (χ0) is 18.8. The Kier molecular flexibility index (Phi) is 4.64. The smallest absolute Gasteiger partial charge is 0.280 e. The number of aliphatic hydroxyl groups is 1. The molecule has 0 radical (unpaired) electrons. The minimum absolute atomic E-state index is 0.132. The standard InChI is InChI=1S/C19H15F2N3O2/c20-15-6-10(9-25)7-16(21)17(15)13-3-1-2-11-4-5-12(8-14(11)13)18(26)24-19(22)23/h1-8,25H,9H2,(H4,22,23,24,26). The summed E-state index contributed by atoms with van der Waals surface area (Å²) in [4.78, 5) is 15.5. The Morgan fingerprint density at radius 1 is 1.04 bits per heavy atom. The molecule has 0 saturated heterocycles. The summed E-state index contributed by atoms with van der Waals surface area (Å²) in [7, 11) is 0. The van der Waals surface area contributed by atoms with E-state index in [0.29, 0.717) is 10.8 Å². The number of aliphatic imine (C=N–C) groups is 1. The molecule has 5 N–H and O–H groups in total. The molecule has 7 heteroatoms. The number of hydrogen-bond acceptors (Lipinski definition) is 2. The van der Waals surface area contributed by atoms with Gasteiger partial charge in [-0.25, -0.2) is 8.78 Å². The molecule has 5 nitrogen and oxygen atoms in total. The van der Waals surface area contributed by atoms with Gasteiger partial charge in [-0.05, 0) is 46.2 Å². The molecule has 0 saturated carbocycles. The number of amides is 1. The van der Waals surface area contributed by atoms with Gasteiger partial charge in [-0.2, -0.15) is 4.99 Å². The lowest BCUT2D eigenvalue weighted by Crippen LogP contribution is -2.24. The predicted octanol–water partition coefficient (Wildman–Crippen LogP) is 2.69. The molecule has 3 rings (SSSR count). The highest BCUT2D eigenvalue weighted by Crippen LogP contribution is 2.33. The Hall–Kier alpha value is -3.32. The molecule has 0 aliphatic carbocycles. The molecule has 0 aromatic heterocycles. The van der Waals surface area contributed by atoms with Gasteiger partial charge in [0.2, 0.25) is 0 Å². The second-order valence-corrected chi connectivity index (χ2v) is 5.68. The van der Waals surface area contributed by atoms with E-state index in [1.54, 1.807) is 24.3 Å². The summed E-state index contributed by atoms with van der Waals surface area (Å²) < 4.78 is 28.9.